The van der Waals surface area contributed by atoms with Crippen LogP contribution in [0.25, 0.3) is 4.96 Å². The molecule has 28 heavy (non-hydrogen) atoms. The van der Waals surface area contributed by atoms with Gasteiger partial charge in [-0.15, -0.1) is 11.3 Å². The van der Waals surface area contributed by atoms with Crippen LogP contribution in [0, 0.1) is 13.8 Å². The van der Waals surface area contributed by atoms with Crippen LogP contribution in [0.1, 0.15) is 29.1 Å². The summed E-state index contributed by atoms with van der Waals surface area (Å²) in [5.74, 6) is 0.956. The molecule has 0 saturated carbocycles. The van der Waals surface area contributed by atoms with Gasteiger partial charge in [0, 0.05) is 62.4 Å². The number of hydrogen-bond acceptors (Lipinski definition) is 7. The van der Waals surface area contributed by atoms with E-state index in [0.29, 0.717) is 32.5 Å². The third-order valence-electron chi connectivity index (χ3n) is 5.24. The Labute approximate surface area is 166 Å². The van der Waals surface area contributed by atoms with Gasteiger partial charge in [-0.1, -0.05) is 5.16 Å². The second-order valence-electron chi connectivity index (χ2n) is 7.10. The number of aromatic nitrogens is 3. The molecule has 0 atom stereocenters. The third kappa shape index (κ3) is 3.85. The molecule has 0 N–H and O–H groups in total. The second kappa shape index (κ2) is 7.84. The Bertz CT molecular complexity index is 1030. The van der Waals surface area contributed by atoms with E-state index in [1.165, 1.54) is 11.3 Å². The van der Waals surface area contributed by atoms with Crippen LogP contribution in [0.15, 0.2) is 27.0 Å². The monoisotopic (exact) mass is 401 g/mol. The first-order chi connectivity index (χ1) is 13.5. The van der Waals surface area contributed by atoms with Crippen LogP contribution in [-0.4, -0.2) is 56.4 Å². The molecule has 9 heteroatoms. The van der Waals surface area contributed by atoms with Gasteiger partial charge in [0.1, 0.15) is 5.76 Å². The van der Waals surface area contributed by atoms with Crippen LogP contribution >= 0.6 is 11.3 Å². The topological polar surface area (TPSA) is 84.0 Å². The number of rotatable bonds is 5. The van der Waals surface area contributed by atoms with Crippen molar-refractivity contribution in [1.82, 2.24) is 24.3 Å². The Hall–Kier alpha value is -2.52. The zero-order valence-corrected chi connectivity index (χ0v) is 16.9. The van der Waals surface area contributed by atoms with Gasteiger partial charge in [-0.25, -0.2) is 4.98 Å². The summed E-state index contributed by atoms with van der Waals surface area (Å²) in [6, 6.07) is 1.60. The summed E-state index contributed by atoms with van der Waals surface area (Å²) in [4.78, 5) is 34.1. The zero-order valence-electron chi connectivity index (χ0n) is 16.1. The molecular weight excluding hydrogens is 378 g/mol. The first-order valence-corrected chi connectivity index (χ1v) is 10.3. The van der Waals surface area contributed by atoms with Gasteiger partial charge in [-0.05, 0) is 20.3 Å². The van der Waals surface area contributed by atoms with Gasteiger partial charge in [0.15, 0.2) is 4.96 Å². The number of nitrogens with zero attached hydrogens (tertiary/aromatic N) is 5. The Morgan fingerprint density at radius 2 is 2.04 bits per heavy atom. The van der Waals surface area contributed by atoms with Gasteiger partial charge in [-0.3, -0.25) is 18.9 Å². The van der Waals surface area contributed by atoms with E-state index in [1.54, 1.807) is 16.7 Å². The van der Waals surface area contributed by atoms with E-state index in [9.17, 15) is 9.59 Å². The predicted octanol–water partition coefficient (Wildman–Crippen LogP) is 1.64. The number of fused-ring (bicyclic) bond motifs is 1. The van der Waals surface area contributed by atoms with Crippen molar-refractivity contribution in [3.8, 4) is 0 Å². The van der Waals surface area contributed by atoms with E-state index in [4.69, 9.17) is 4.52 Å². The van der Waals surface area contributed by atoms with Gasteiger partial charge in [0.05, 0.1) is 11.4 Å². The van der Waals surface area contributed by atoms with E-state index in [2.05, 4.69) is 15.0 Å². The van der Waals surface area contributed by atoms with Crippen LogP contribution in [0.4, 0.5) is 0 Å². The van der Waals surface area contributed by atoms with Crippen LogP contribution in [0.5, 0.6) is 0 Å². The van der Waals surface area contributed by atoms with Gasteiger partial charge in [-0.2, -0.15) is 0 Å². The van der Waals surface area contributed by atoms with E-state index in [0.717, 1.165) is 40.8 Å². The fourth-order valence-corrected chi connectivity index (χ4v) is 4.34. The van der Waals surface area contributed by atoms with Crippen molar-refractivity contribution in [2.24, 2.45) is 0 Å². The third-order valence-corrected chi connectivity index (χ3v) is 5.99. The lowest BCUT2D eigenvalue weighted by Crippen LogP contribution is -2.48. The maximum absolute atomic E-state index is 12.5. The lowest BCUT2D eigenvalue weighted by atomic mass is 10.1. The molecule has 3 aromatic rings. The van der Waals surface area contributed by atoms with Crippen molar-refractivity contribution in [3.63, 3.8) is 0 Å². The quantitative estimate of drug-likeness (QED) is 0.646. The largest absolute Gasteiger partial charge is 0.361 e. The van der Waals surface area contributed by atoms with Crippen molar-refractivity contribution in [2.75, 3.05) is 26.2 Å². The molecule has 0 aliphatic carbocycles. The number of amides is 1. The Morgan fingerprint density at radius 3 is 2.75 bits per heavy atom. The van der Waals surface area contributed by atoms with E-state index in [-0.39, 0.29) is 11.5 Å². The minimum Gasteiger partial charge on any atom is -0.361 e. The van der Waals surface area contributed by atoms with E-state index < -0.39 is 0 Å². The van der Waals surface area contributed by atoms with Gasteiger partial charge in [0.2, 0.25) is 5.91 Å². The summed E-state index contributed by atoms with van der Waals surface area (Å²) >= 11 is 1.46. The number of carbonyl (C=O) groups is 1. The SMILES string of the molecule is Cc1noc(C)c1CCC(=O)N1CCN(Cc2cc(=O)n3ccsc3n2)CC1. The van der Waals surface area contributed by atoms with Crippen LogP contribution in [0.2, 0.25) is 0 Å². The molecule has 3 aromatic heterocycles. The summed E-state index contributed by atoms with van der Waals surface area (Å²) < 4.78 is 6.72. The molecule has 4 rings (SSSR count). The van der Waals surface area contributed by atoms with Gasteiger partial charge in [0.25, 0.3) is 5.56 Å². The first-order valence-electron chi connectivity index (χ1n) is 9.39. The molecule has 1 fully saturated rings. The molecule has 0 unspecified atom stereocenters. The minimum atomic E-state index is -0.0469. The lowest BCUT2D eigenvalue weighted by Gasteiger charge is -2.34. The van der Waals surface area contributed by atoms with E-state index in [1.807, 2.05) is 24.1 Å². The highest BCUT2D eigenvalue weighted by Crippen LogP contribution is 2.16. The maximum Gasteiger partial charge on any atom is 0.258 e. The van der Waals surface area contributed by atoms with Crippen molar-refractivity contribution < 1.29 is 9.32 Å². The number of aryl methyl sites for hydroxylation is 2. The Morgan fingerprint density at radius 1 is 1.25 bits per heavy atom. The minimum absolute atomic E-state index is 0.0469. The fraction of sp³-hybridized carbons (Fsp3) is 0.474. The molecule has 0 bridgehead atoms. The van der Waals surface area contributed by atoms with Gasteiger partial charge < -0.3 is 9.42 Å². The van der Waals surface area contributed by atoms with Crippen LogP contribution in [0.3, 0.4) is 0 Å². The van der Waals surface area contributed by atoms with E-state index >= 15 is 0 Å². The average molecular weight is 401 g/mol. The molecule has 148 valence electrons. The van der Waals surface area contributed by atoms with Crippen LogP contribution < -0.4 is 5.56 Å². The molecule has 4 heterocycles. The summed E-state index contributed by atoms with van der Waals surface area (Å²) in [5.41, 5.74) is 2.63. The lowest BCUT2D eigenvalue weighted by molar-refractivity contribution is -0.133. The zero-order chi connectivity index (χ0) is 19.7. The van der Waals surface area contributed by atoms with Crippen molar-refractivity contribution in [3.05, 3.63) is 50.7 Å². The molecular formula is C19H23N5O3S. The van der Waals surface area contributed by atoms with Crippen molar-refractivity contribution in [1.29, 1.82) is 0 Å². The average Bonchev–Trinajstić information content (AvgIpc) is 3.27. The first kappa shape index (κ1) is 18.8. The predicted molar refractivity (Wildman–Crippen MR) is 105 cm³/mol. The molecule has 0 radical (unpaired) electrons. The highest BCUT2D eigenvalue weighted by Gasteiger charge is 2.22. The Kier molecular flexibility index (Phi) is 5.27. The highest BCUT2D eigenvalue weighted by molar-refractivity contribution is 7.15. The smallest absolute Gasteiger partial charge is 0.258 e. The fourth-order valence-electron chi connectivity index (χ4n) is 3.60. The highest BCUT2D eigenvalue weighted by atomic mass is 32.1. The summed E-state index contributed by atoms with van der Waals surface area (Å²) in [6.07, 6.45) is 2.87. The van der Waals surface area contributed by atoms with Crippen molar-refractivity contribution in [2.45, 2.75) is 33.2 Å². The molecule has 1 amide bonds. The molecule has 1 saturated heterocycles. The number of carbonyl (C=O) groups excluding carboxylic acids is 1. The molecule has 1 aliphatic rings. The summed E-state index contributed by atoms with van der Waals surface area (Å²) in [6.45, 7) is 7.37. The maximum atomic E-state index is 12.5. The molecule has 0 aromatic carbocycles. The summed E-state index contributed by atoms with van der Waals surface area (Å²) in [5, 5.41) is 5.80. The molecule has 1 aliphatic heterocycles. The van der Waals surface area contributed by atoms with Crippen molar-refractivity contribution >= 4 is 22.2 Å². The number of thiazole rings is 1. The number of hydrogen-bond donors (Lipinski definition) is 0. The standard InChI is InChI=1S/C19H23N5O3S/c1-13-16(14(2)27-21-13)3-4-17(25)23-7-5-22(6-8-23)12-15-11-18(26)24-9-10-28-19(24)20-15/h9-11H,3-8,12H2,1-2H3. The molecule has 8 nitrogen and oxygen atoms in total. The Balaban J connectivity index is 1.30. The van der Waals surface area contributed by atoms with Crippen LogP contribution in [-0.2, 0) is 17.8 Å². The normalized spacial score (nSPS) is 15.4. The van der Waals surface area contributed by atoms with Gasteiger partial charge >= 0.3 is 0 Å². The number of piperazine rings is 1. The summed E-state index contributed by atoms with van der Waals surface area (Å²) in [7, 11) is 0. The molecule has 0 spiro atoms. The second-order valence-corrected chi connectivity index (χ2v) is 7.97.